The van der Waals surface area contributed by atoms with Gasteiger partial charge >= 0.3 is 0 Å². The Bertz CT molecular complexity index is 938. The first-order valence-corrected chi connectivity index (χ1v) is 9.83. The second kappa shape index (κ2) is 7.37. The van der Waals surface area contributed by atoms with E-state index in [9.17, 15) is 5.11 Å². The summed E-state index contributed by atoms with van der Waals surface area (Å²) in [6.45, 7) is 11.1. The summed E-state index contributed by atoms with van der Waals surface area (Å²) in [5.41, 5.74) is 7.28. The van der Waals surface area contributed by atoms with Crippen molar-refractivity contribution in [3.8, 4) is 0 Å². The zero-order valence-electron chi connectivity index (χ0n) is 16.5. The van der Waals surface area contributed by atoms with Crippen LogP contribution in [0.3, 0.4) is 0 Å². The van der Waals surface area contributed by atoms with Crippen molar-refractivity contribution in [2.24, 2.45) is 0 Å². The van der Waals surface area contributed by atoms with Gasteiger partial charge in [-0.3, -0.25) is 4.90 Å². The molecule has 0 radical (unpaired) electrons. The number of aromatic amines is 1. The van der Waals surface area contributed by atoms with Crippen LogP contribution < -0.4 is 4.90 Å². The molecule has 2 N–H and O–H groups in total. The Morgan fingerprint density at radius 2 is 1.70 bits per heavy atom. The highest BCUT2D eigenvalue weighted by Crippen LogP contribution is 2.29. The van der Waals surface area contributed by atoms with E-state index in [0.717, 1.165) is 48.3 Å². The number of para-hydroxylation sites is 1. The number of aliphatic hydroxyl groups excluding tert-OH is 1. The van der Waals surface area contributed by atoms with Crippen molar-refractivity contribution < 1.29 is 5.11 Å². The maximum absolute atomic E-state index is 10.9. The number of rotatable bonds is 4. The van der Waals surface area contributed by atoms with E-state index in [1.807, 2.05) is 12.1 Å². The van der Waals surface area contributed by atoms with Gasteiger partial charge in [-0.2, -0.15) is 0 Å². The molecule has 1 atom stereocenters. The van der Waals surface area contributed by atoms with E-state index >= 15 is 0 Å². The minimum Gasteiger partial charge on any atom is -0.387 e. The first-order valence-electron chi connectivity index (χ1n) is 9.83. The number of hydrogen-bond acceptors (Lipinski definition) is 3. The fourth-order valence-corrected chi connectivity index (χ4v) is 4.31. The molecule has 1 fully saturated rings. The van der Waals surface area contributed by atoms with Gasteiger partial charge in [0.15, 0.2) is 0 Å². The Morgan fingerprint density at radius 1 is 0.963 bits per heavy atom. The lowest BCUT2D eigenvalue weighted by molar-refractivity contribution is 0.110. The summed E-state index contributed by atoms with van der Waals surface area (Å²) in [5.74, 6) is 0. The van der Waals surface area contributed by atoms with Crippen LogP contribution in [0.4, 0.5) is 5.69 Å². The molecule has 2 aromatic carbocycles. The zero-order valence-corrected chi connectivity index (χ0v) is 16.5. The van der Waals surface area contributed by atoms with E-state index in [-0.39, 0.29) is 0 Å². The van der Waals surface area contributed by atoms with Gasteiger partial charge in [0.05, 0.1) is 6.10 Å². The smallest absolute Gasteiger partial charge is 0.0940 e. The number of aromatic nitrogens is 1. The van der Waals surface area contributed by atoms with Gasteiger partial charge in [-0.15, -0.1) is 0 Å². The van der Waals surface area contributed by atoms with Gasteiger partial charge in [-0.1, -0.05) is 30.3 Å². The first kappa shape index (κ1) is 18.1. The fraction of sp³-hybridized carbons (Fsp3) is 0.391. The molecule has 3 aromatic rings. The van der Waals surface area contributed by atoms with Crippen LogP contribution in [0.2, 0.25) is 0 Å². The van der Waals surface area contributed by atoms with Gasteiger partial charge in [0.25, 0.3) is 0 Å². The minimum absolute atomic E-state index is 0.464. The number of fused-ring (bicyclic) bond motifs is 1. The maximum Gasteiger partial charge on any atom is 0.0940 e. The van der Waals surface area contributed by atoms with Gasteiger partial charge in [0.2, 0.25) is 0 Å². The molecule has 1 aliphatic heterocycles. The van der Waals surface area contributed by atoms with Crippen molar-refractivity contribution in [3.63, 3.8) is 0 Å². The molecular weight excluding hydrogens is 334 g/mol. The standard InChI is InChI=1S/C23H29N3O/c1-16-7-6-10-21(17(16)2)26-13-11-25(12-14-26)15-22(27)23-18(3)24-20-9-5-4-8-19(20)23/h4-10,22,24,27H,11-15H2,1-3H3/t22-/m1/s1. The first-order chi connectivity index (χ1) is 13.0. The number of β-amino-alcohol motifs (C(OH)–C–C–N with tert-alkyl or cyclic N) is 1. The number of aryl methyl sites for hydroxylation is 2. The normalized spacial score (nSPS) is 16.8. The molecule has 1 saturated heterocycles. The van der Waals surface area contributed by atoms with Crippen LogP contribution in [0.15, 0.2) is 42.5 Å². The molecule has 4 nitrogen and oxygen atoms in total. The van der Waals surface area contributed by atoms with E-state index in [1.54, 1.807) is 0 Å². The van der Waals surface area contributed by atoms with Crippen molar-refractivity contribution >= 4 is 16.6 Å². The number of piperazine rings is 1. The summed E-state index contributed by atoms with van der Waals surface area (Å²) in [6.07, 6.45) is -0.464. The summed E-state index contributed by atoms with van der Waals surface area (Å²) in [7, 11) is 0. The third kappa shape index (κ3) is 3.47. The summed E-state index contributed by atoms with van der Waals surface area (Å²) in [4.78, 5) is 8.26. The van der Waals surface area contributed by atoms with E-state index < -0.39 is 6.10 Å². The quantitative estimate of drug-likeness (QED) is 0.738. The van der Waals surface area contributed by atoms with E-state index in [2.05, 4.69) is 65.9 Å². The highest BCUT2D eigenvalue weighted by molar-refractivity contribution is 5.84. The van der Waals surface area contributed by atoms with E-state index in [4.69, 9.17) is 0 Å². The molecule has 0 spiro atoms. The van der Waals surface area contributed by atoms with Crippen molar-refractivity contribution in [1.82, 2.24) is 9.88 Å². The number of anilines is 1. The van der Waals surface area contributed by atoms with Gasteiger partial charge in [0, 0.05) is 60.6 Å². The van der Waals surface area contributed by atoms with Crippen LogP contribution >= 0.6 is 0 Å². The fourth-order valence-electron chi connectivity index (χ4n) is 4.31. The Kier molecular flexibility index (Phi) is 4.94. The Hall–Kier alpha value is -2.30. The molecule has 0 unspecified atom stereocenters. The Labute approximate surface area is 161 Å². The average Bonchev–Trinajstić information content (AvgIpc) is 3.00. The third-order valence-corrected chi connectivity index (χ3v) is 6.00. The lowest BCUT2D eigenvalue weighted by atomic mass is 10.0. The maximum atomic E-state index is 10.9. The summed E-state index contributed by atoms with van der Waals surface area (Å²) in [5, 5.41) is 12.1. The van der Waals surface area contributed by atoms with Crippen LogP contribution in [-0.4, -0.2) is 47.7 Å². The zero-order chi connectivity index (χ0) is 19.0. The molecule has 0 bridgehead atoms. The van der Waals surface area contributed by atoms with Crippen LogP contribution in [-0.2, 0) is 0 Å². The molecule has 4 rings (SSSR count). The molecule has 142 valence electrons. The lowest BCUT2D eigenvalue weighted by Crippen LogP contribution is -2.47. The van der Waals surface area contributed by atoms with Crippen LogP contribution in [0.25, 0.3) is 10.9 Å². The Balaban J connectivity index is 1.43. The molecule has 4 heteroatoms. The topological polar surface area (TPSA) is 42.5 Å². The average molecular weight is 364 g/mol. The van der Waals surface area contributed by atoms with Gasteiger partial charge in [-0.05, 0) is 44.0 Å². The van der Waals surface area contributed by atoms with Crippen molar-refractivity contribution in [3.05, 3.63) is 64.8 Å². The van der Waals surface area contributed by atoms with Crippen molar-refractivity contribution in [2.45, 2.75) is 26.9 Å². The third-order valence-electron chi connectivity index (χ3n) is 6.00. The summed E-state index contributed by atoms with van der Waals surface area (Å²) in [6, 6.07) is 14.8. The van der Waals surface area contributed by atoms with Gasteiger partial charge in [0.1, 0.15) is 0 Å². The number of benzene rings is 2. The Morgan fingerprint density at radius 3 is 2.48 bits per heavy atom. The lowest BCUT2D eigenvalue weighted by Gasteiger charge is -2.37. The molecule has 27 heavy (non-hydrogen) atoms. The molecule has 1 aromatic heterocycles. The monoisotopic (exact) mass is 363 g/mol. The molecule has 1 aliphatic rings. The van der Waals surface area contributed by atoms with Crippen LogP contribution in [0, 0.1) is 20.8 Å². The predicted molar refractivity (Wildman–Crippen MR) is 113 cm³/mol. The molecule has 0 amide bonds. The molecular formula is C23H29N3O. The van der Waals surface area contributed by atoms with Crippen molar-refractivity contribution in [2.75, 3.05) is 37.6 Å². The van der Waals surface area contributed by atoms with E-state index in [1.165, 1.54) is 16.8 Å². The van der Waals surface area contributed by atoms with E-state index in [0.29, 0.717) is 6.54 Å². The highest BCUT2D eigenvalue weighted by Gasteiger charge is 2.23. The van der Waals surface area contributed by atoms with Crippen molar-refractivity contribution in [1.29, 1.82) is 0 Å². The molecule has 0 aliphatic carbocycles. The number of nitrogens with zero attached hydrogens (tertiary/aromatic N) is 2. The second-order valence-electron chi connectivity index (χ2n) is 7.73. The van der Waals surface area contributed by atoms with Gasteiger partial charge in [-0.25, -0.2) is 0 Å². The number of nitrogens with one attached hydrogen (secondary N) is 1. The minimum atomic E-state index is -0.464. The highest BCUT2D eigenvalue weighted by atomic mass is 16.3. The predicted octanol–water partition coefficient (Wildman–Crippen LogP) is 3.95. The summed E-state index contributed by atoms with van der Waals surface area (Å²) < 4.78 is 0. The van der Waals surface area contributed by atoms with Gasteiger partial charge < -0.3 is 15.0 Å². The molecule has 0 saturated carbocycles. The van der Waals surface area contributed by atoms with Crippen LogP contribution in [0.5, 0.6) is 0 Å². The second-order valence-corrected chi connectivity index (χ2v) is 7.73. The number of hydrogen-bond donors (Lipinski definition) is 2. The number of aliphatic hydroxyl groups is 1. The summed E-state index contributed by atoms with van der Waals surface area (Å²) >= 11 is 0. The molecule has 2 heterocycles. The SMILES string of the molecule is Cc1cccc(N2CCN(C[C@@H](O)c3c(C)[nH]c4ccccc34)CC2)c1C. The van der Waals surface area contributed by atoms with Crippen LogP contribution in [0.1, 0.15) is 28.5 Å². The number of H-pyrrole nitrogens is 1. The largest absolute Gasteiger partial charge is 0.387 e.